The summed E-state index contributed by atoms with van der Waals surface area (Å²) in [6.45, 7) is 0.173. The zero-order valence-electron chi connectivity index (χ0n) is 10.6. The molecule has 6 nitrogen and oxygen atoms in total. The van der Waals surface area contributed by atoms with Gasteiger partial charge in [-0.1, -0.05) is 0 Å². The number of carbonyl (C=O) groups is 1. The lowest BCUT2D eigenvalue weighted by molar-refractivity contribution is -0.286. The van der Waals surface area contributed by atoms with Crippen molar-refractivity contribution in [1.29, 1.82) is 0 Å². The second-order valence-corrected chi connectivity index (χ2v) is 4.25. The molecule has 3 rings (SSSR count). The van der Waals surface area contributed by atoms with E-state index in [0.29, 0.717) is 5.76 Å². The number of hydrogen-bond acceptors (Lipinski definition) is 5. The monoisotopic (exact) mass is 296 g/mol. The van der Waals surface area contributed by atoms with Crippen molar-refractivity contribution in [3.8, 4) is 11.5 Å². The van der Waals surface area contributed by atoms with E-state index in [1.165, 1.54) is 24.3 Å². The van der Waals surface area contributed by atoms with Gasteiger partial charge in [0.1, 0.15) is 5.76 Å². The number of furan rings is 1. The molecule has 3 N–H and O–H groups in total. The molecular weight excluding hydrogens is 286 g/mol. The van der Waals surface area contributed by atoms with Crippen LogP contribution in [0.4, 0.5) is 14.5 Å². The van der Waals surface area contributed by atoms with E-state index in [9.17, 15) is 13.6 Å². The van der Waals surface area contributed by atoms with Gasteiger partial charge in [-0.25, -0.2) is 0 Å². The number of ether oxygens (including phenoxy) is 2. The van der Waals surface area contributed by atoms with Gasteiger partial charge in [-0.15, -0.1) is 8.78 Å². The molecule has 1 aliphatic heterocycles. The summed E-state index contributed by atoms with van der Waals surface area (Å²) in [6, 6.07) is 6.97. The van der Waals surface area contributed by atoms with E-state index < -0.39 is 12.2 Å². The molecule has 1 aromatic heterocycles. The average molecular weight is 296 g/mol. The van der Waals surface area contributed by atoms with Crippen LogP contribution in [0.5, 0.6) is 11.5 Å². The largest absolute Gasteiger partial charge is 0.586 e. The second-order valence-electron chi connectivity index (χ2n) is 4.25. The van der Waals surface area contributed by atoms with Crippen molar-refractivity contribution in [2.45, 2.75) is 12.8 Å². The fourth-order valence-electron chi connectivity index (χ4n) is 1.83. The van der Waals surface area contributed by atoms with Gasteiger partial charge >= 0.3 is 6.29 Å². The van der Waals surface area contributed by atoms with Gasteiger partial charge in [-0.05, 0) is 24.3 Å². The highest BCUT2D eigenvalue weighted by atomic mass is 19.3. The predicted octanol–water partition coefficient (Wildman–Crippen LogP) is 2.31. The first-order valence-electron chi connectivity index (χ1n) is 5.97. The van der Waals surface area contributed by atoms with Crippen molar-refractivity contribution in [1.82, 2.24) is 0 Å². The molecule has 0 aliphatic carbocycles. The van der Waals surface area contributed by atoms with E-state index >= 15 is 0 Å². The summed E-state index contributed by atoms with van der Waals surface area (Å²) < 4.78 is 39.5. The Labute approximate surface area is 117 Å². The lowest BCUT2D eigenvalue weighted by atomic mass is 10.2. The van der Waals surface area contributed by atoms with Crippen LogP contribution in [0, 0.1) is 0 Å². The van der Waals surface area contributed by atoms with Gasteiger partial charge in [0.15, 0.2) is 17.3 Å². The Hall–Kier alpha value is -2.61. The molecule has 0 spiro atoms. The molecule has 0 atom stereocenters. The number of anilines is 1. The summed E-state index contributed by atoms with van der Waals surface area (Å²) in [7, 11) is 0. The maximum absolute atomic E-state index is 12.9. The van der Waals surface area contributed by atoms with E-state index in [-0.39, 0.29) is 29.5 Å². The Morgan fingerprint density at radius 3 is 2.67 bits per heavy atom. The summed E-state index contributed by atoms with van der Waals surface area (Å²) in [4.78, 5) is 11.9. The highest BCUT2D eigenvalue weighted by Crippen LogP contribution is 2.42. The number of nitrogens with one attached hydrogen (secondary N) is 1. The summed E-state index contributed by atoms with van der Waals surface area (Å²) in [5.41, 5.74) is 5.65. The smallest absolute Gasteiger partial charge is 0.455 e. The van der Waals surface area contributed by atoms with E-state index in [4.69, 9.17) is 10.2 Å². The molecule has 110 valence electrons. The Balaban J connectivity index is 1.76. The third-order valence-electron chi connectivity index (χ3n) is 2.75. The number of hydrogen-bond donors (Lipinski definition) is 2. The Bertz CT molecular complexity index is 699. The molecule has 0 saturated heterocycles. The molecule has 2 aromatic rings. The highest BCUT2D eigenvalue weighted by molar-refractivity contribution is 6.02. The Kier molecular flexibility index (Phi) is 3.02. The third kappa shape index (κ3) is 2.65. The molecule has 8 heteroatoms. The topological polar surface area (TPSA) is 86.7 Å². The first-order valence-corrected chi connectivity index (χ1v) is 5.97. The van der Waals surface area contributed by atoms with Gasteiger partial charge in [0, 0.05) is 11.8 Å². The van der Waals surface area contributed by atoms with Crippen LogP contribution in [0.3, 0.4) is 0 Å². The lowest BCUT2D eigenvalue weighted by Gasteiger charge is -2.04. The molecular formula is C13H10F2N2O4. The van der Waals surface area contributed by atoms with Crippen molar-refractivity contribution in [3.05, 3.63) is 41.9 Å². The van der Waals surface area contributed by atoms with E-state index in [1.807, 2.05) is 0 Å². The Morgan fingerprint density at radius 2 is 1.95 bits per heavy atom. The van der Waals surface area contributed by atoms with E-state index in [1.54, 1.807) is 6.07 Å². The number of benzene rings is 1. The first kappa shape index (κ1) is 13.4. The lowest BCUT2D eigenvalue weighted by Crippen LogP contribution is -2.25. The second kappa shape index (κ2) is 4.74. The van der Waals surface area contributed by atoms with Crippen LogP contribution < -0.4 is 20.5 Å². The summed E-state index contributed by atoms with van der Waals surface area (Å²) in [5.74, 6) is -0.245. The molecule has 0 radical (unpaired) electrons. The van der Waals surface area contributed by atoms with Crippen molar-refractivity contribution >= 4 is 11.6 Å². The number of rotatable bonds is 3. The fraction of sp³-hybridized carbons (Fsp3) is 0.154. The third-order valence-corrected chi connectivity index (χ3v) is 2.75. The molecule has 0 bridgehead atoms. The van der Waals surface area contributed by atoms with Crippen molar-refractivity contribution in [2.24, 2.45) is 5.73 Å². The molecule has 2 heterocycles. The van der Waals surface area contributed by atoms with Gasteiger partial charge in [0.2, 0.25) is 0 Å². The molecule has 0 unspecified atom stereocenters. The highest BCUT2D eigenvalue weighted by Gasteiger charge is 2.43. The maximum atomic E-state index is 12.9. The average Bonchev–Trinajstić information content (AvgIpc) is 3.00. The van der Waals surface area contributed by atoms with Crippen molar-refractivity contribution in [2.75, 3.05) is 5.32 Å². The van der Waals surface area contributed by atoms with Crippen LogP contribution in [0.25, 0.3) is 0 Å². The van der Waals surface area contributed by atoms with Gasteiger partial charge in [0.05, 0.1) is 6.54 Å². The standard InChI is InChI=1S/C13H10F2N2O4/c14-13(15)20-9-3-1-7(5-11(9)21-13)17-12(18)10-4-2-8(6-16)19-10/h1-5H,6,16H2,(H,17,18). The van der Waals surface area contributed by atoms with Gasteiger partial charge in [0.25, 0.3) is 5.91 Å². The number of carbonyl (C=O) groups excluding carboxylic acids is 1. The number of halogens is 2. The zero-order chi connectivity index (χ0) is 15.0. The van der Waals surface area contributed by atoms with Crippen LogP contribution in [-0.4, -0.2) is 12.2 Å². The predicted molar refractivity (Wildman–Crippen MR) is 67.2 cm³/mol. The van der Waals surface area contributed by atoms with E-state index in [2.05, 4.69) is 14.8 Å². The molecule has 1 amide bonds. The normalized spacial score (nSPS) is 15.0. The minimum Gasteiger partial charge on any atom is -0.455 e. The Morgan fingerprint density at radius 1 is 1.19 bits per heavy atom. The van der Waals surface area contributed by atoms with Crippen LogP contribution in [0.1, 0.15) is 16.3 Å². The number of alkyl halides is 2. The maximum Gasteiger partial charge on any atom is 0.586 e. The molecule has 1 aromatic carbocycles. The SMILES string of the molecule is NCc1ccc(C(=O)Nc2ccc3c(c2)OC(F)(F)O3)o1. The molecule has 21 heavy (non-hydrogen) atoms. The van der Waals surface area contributed by atoms with Crippen molar-refractivity contribution in [3.63, 3.8) is 0 Å². The number of fused-ring (bicyclic) bond motifs is 1. The minimum atomic E-state index is -3.69. The van der Waals surface area contributed by atoms with Crippen LogP contribution >= 0.6 is 0 Å². The summed E-state index contributed by atoms with van der Waals surface area (Å²) in [5, 5.41) is 2.50. The first-order chi connectivity index (χ1) is 9.97. The van der Waals surface area contributed by atoms with E-state index in [0.717, 1.165) is 0 Å². The number of amides is 1. The summed E-state index contributed by atoms with van der Waals surface area (Å²) in [6.07, 6.45) is -3.69. The van der Waals surface area contributed by atoms with Crippen LogP contribution in [0.15, 0.2) is 34.7 Å². The van der Waals surface area contributed by atoms with Crippen LogP contribution in [-0.2, 0) is 6.54 Å². The molecule has 0 fully saturated rings. The molecule has 0 saturated carbocycles. The fourth-order valence-corrected chi connectivity index (χ4v) is 1.83. The van der Waals surface area contributed by atoms with Crippen molar-refractivity contribution < 1.29 is 27.5 Å². The number of nitrogens with two attached hydrogens (primary N) is 1. The van der Waals surface area contributed by atoms with Crippen LogP contribution in [0.2, 0.25) is 0 Å². The van der Waals surface area contributed by atoms with Gasteiger partial charge < -0.3 is 24.9 Å². The minimum absolute atomic E-state index is 0.0680. The van der Waals surface area contributed by atoms with Gasteiger partial charge in [-0.2, -0.15) is 0 Å². The summed E-state index contributed by atoms with van der Waals surface area (Å²) >= 11 is 0. The zero-order valence-corrected chi connectivity index (χ0v) is 10.6. The molecule has 1 aliphatic rings. The van der Waals surface area contributed by atoms with Gasteiger partial charge in [-0.3, -0.25) is 4.79 Å². The quantitative estimate of drug-likeness (QED) is 0.907.